The Kier molecular flexibility index (Phi) is 4.42. The molecule has 1 aromatic rings. The molecule has 0 bridgehead atoms. The summed E-state index contributed by atoms with van der Waals surface area (Å²) < 4.78 is 5.43. The van der Waals surface area contributed by atoms with Gasteiger partial charge in [0.25, 0.3) is 0 Å². The summed E-state index contributed by atoms with van der Waals surface area (Å²) >= 11 is 0. The summed E-state index contributed by atoms with van der Waals surface area (Å²) in [7, 11) is 1.99. The summed E-state index contributed by atoms with van der Waals surface area (Å²) in [6, 6.07) is 4.41. The number of hydrogen-bond donors (Lipinski definition) is 2. The summed E-state index contributed by atoms with van der Waals surface area (Å²) in [6.45, 7) is 2.41. The van der Waals surface area contributed by atoms with Crippen molar-refractivity contribution in [3.05, 3.63) is 23.7 Å². The maximum absolute atomic E-state index is 12.0. The predicted octanol–water partition coefficient (Wildman–Crippen LogP) is 1.98. The van der Waals surface area contributed by atoms with Gasteiger partial charge in [-0.3, -0.25) is 4.79 Å². The Morgan fingerprint density at radius 2 is 2.06 bits per heavy atom. The van der Waals surface area contributed by atoms with Crippen LogP contribution in [0.2, 0.25) is 0 Å². The molecule has 1 aromatic heterocycles. The van der Waals surface area contributed by atoms with Crippen LogP contribution in [0.3, 0.4) is 0 Å². The van der Waals surface area contributed by atoms with Crippen LogP contribution in [0.4, 0.5) is 0 Å². The second kappa shape index (κ2) is 6.05. The lowest BCUT2D eigenvalue weighted by atomic mass is 9.85. The third kappa shape index (κ3) is 3.35. The summed E-state index contributed by atoms with van der Waals surface area (Å²) in [4.78, 5) is 12.0. The minimum absolute atomic E-state index is 0.165. The fourth-order valence-corrected chi connectivity index (χ4v) is 2.54. The molecule has 4 heteroatoms. The van der Waals surface area contributed by atoms with Crippen LogP contribution < -0.4 is 10.6 Å². The Balaban J connectivity index is 1.75. The van der Waals surface area contributed by atoms with Crippen molar-refractivity contribution in [1.82, 2.24) is 10.6 Å². The molecule has 1 heterocycles. The van der Waals surface area contributed by atoms with E-state index in [4.69, 9.17) is 4.42 Å². The van der Waals surface area contributed by atoms with E-state index in [2.05, 4.69) is 10.6 Å². The van der Waals surface area contributed by atoms with Crippen LogP contribution in [0.1, 0.15) is 37.2 Å². The Hall–Kier alpha value is -1.29. The Bertz CT molecular complexity index is 392. The van der Waals surface area contributed by atoms with Crippen molar-refractivity contribution in [3.63, 3.8) is 0 Å². The molecule has 0 atom stereocenters. The average Bonchev–Trinajstić information content (AvgIpc) is 2.82. The predicted molar refractivity (Wildman–Crippen MR) is 70.1 cm³/mol. The first-order chi connectivity index (χ1) is 8.69. The highest BCUT2D eigenvalue weighted by molar-refractivity contribution is 5.78. The van der Waals surface area contributed by atoms with Crippen LogP contribution in [0.5, 0.6) is 0 Å². The smallest absolute Gasteiger partial charge is 0.223 e. The van der Waals surface area contributed by atoms with Crippen molar-refractivity contribution >= 4 is 5.91 Å². The highest BCUT2D eigenvalue weighted by atomic mass is 16.3. The van der Waals surface area contributed by atoms with Gasteiger partial charge in [0.2, 0.25) is 5.91 Å². The fourth-order valence-electron chi connectivity index (χ4n) is 2.54. The van der Waals surface area contributed by atoms with E-state index < -0.39 is 0 Å². The standard InChI is InChI=1S/C14H22N2O2/c1-10-3-8-13(18-10)9-16-14(17)11-4-6-12(15-2)7-5-11/h3,8,11-12,15H,4-7,9H2,1-2H3,(H,16,17). The molecule has 1 saturated carbocycles. The molecule has 0 unspecified atom stereocenters. The molecule has 0 aromatic carbocycles. The lowest BCUT2D eigenvalue weighted by Gasteiger charge is -2.27. The Labute approximate surface area is 108 Å². The number of aryl methyl sites for hydroxylation is 1. The lowest BCUT2D eigenvalue weighted by molar-refractivity contribution is -0.126. The molecule has 0 saturated heterocycles. The molecule has 2 rings (SSSR count). The number of amides is 1. The first kappa shape index (κ1) is 13.1. The topological polar surface area (TPSA) is 54.3 Å². The first-order valence-corrected chi connectivity index (χ1v) is 6.69. The number of hydrogen-bond acceptors (Lipinski definition) is 3. The van der Waals surface area contributed by atoms with E-state index >= 15 is 0 Å². The van der Waals surface area contributed by atoms with Gasteiger partial charge >= 0.3 is 0 Å². The first-order valence-electron chi connectivity index (χ1n) is 6.69. The van der Waals surface area contributed by atoms with Crippen molar-refractivity contribution in [2.75, 3.05) is 7.05 Å². The van der Waals surface area contributed by atoms with E-state index in [9.17, 15) is 4.79 Å². The number of furan rings is 1. The van der Waals surface area contributed by atoms with E-state index in [1.54, 1.807) is 0 Å². The maximum atomic E-state index is 12.0. The van der Waals surface area contributed by atoms with E-state index in [0.717, 1.165) is 37.2 Å². The normalized spacial score (nSPS) is 23.9. The minimum Gasteiger partial charge on any atom is -0.465 e. The van der Waals surface area contributed by atoms with Crippen LogP contribution in [0.25, 0.3) is 0 Å². The number of rotatable bonds is 4. The van der Waals surface area contributed by atoms with Gasteiger partial charge in [-0.1, -0.05) is 0 Å². The SMILES string of the molecule is CNC1CCC(C(=O)NCc2ccc(C)o2)CC1. The zero-order valence-corrected chi connectivity index (χ0v) is 11.2. The summed E-state index contributed by atoms with van der Waals surface area (Å²) in [6.07, 6.45) is 4.14. The van der Waals surface area contributed by atoms with Crippen LogP contribution in [0.15, 0.2) is 16.5 Å². The summed E-state index contributed by atoms with van der Waals surface area (Å²) in [5, 5.41) is 6.24. The van der Waals surface area contributed by atoms with Crippen LogP contribution in [-0.2, 0) is 11.3 Å². The monoisotopic (exact) mass is 250 g/mol. The molecule has 18 heavy (non-hydrogen) atoms. The van der Waals surface area contributed by atoms with Gasteiger partial charge in [-0.2, -0.15) is 0 Å². The molecule has 1 fully saturated rings. The third-order valence-corrected chi connectivity index (χ3v) is 3.74. The van der Waals surface area contributed by atoms with E-state index in [1.807, 2.05) is 26.1 Å². The quantitative estimate of drug-likeness (QED) is 0.859. The third-order valence-electron chi connectivity index (χ3n) is 3.74. The molecule has 2 N–H and O–H groups in total. The molecule has 1 aliphatic rings. The number of carbonyl (C=O) groups is 1. The van der Waals surface area contributed by atoms with Gasteiger partial charge in [0, 0.05) is 12.0 Å². The zero-order valence-electron chi connectivity index (χ0n) is 11.2. The van der Waals surface area contributed by atoms with Crippen molar-refractivity contribution in [3.8, 4) is 0 Å². The Morgan fingerprint density at radius 3 is 2.61 bits per heavy atom. The summed E-state index contributed by atoms with van der Waals surface area (Å²) in [5.74, 6) is 2.04. The van der Waals surface area contributed by atoms with E-state index in [-0.39, 0.29) is 11.8 Å². The minimum atomic E-state index is 0.165. The van der Waals surface area contributed by atoms with Crippen LogP contribution >= 0.6 is 0 Å². The van der Waals surface area contributed by atoms with Crippen molar-refractivity contribution in [1.29, 1.82) is 0 Å². The van der Waals surface area contributed by atoms with Crippen molar-refractivity contribution in [2.24, 2.45) is 5.92 Å². The van der Waals surface area contributed by atoms with Gasteiger partial charge in [-0.25, -0.2) is 0 Å². The van der Waals surface area contributed by atoms with Gasteiger partial charge in [-0.05, 0) is 51.8 Å². The fraction of sp³-hybridized carbons (Fsp3) is 0.643. The van der Waals surface area contributed by atoms with E-state index in [1.165, 1.54) is 0 Å². The van der Waals surface area contributed by atoms with Gasteiger partial charge in [0.1, 0.15) is 11.5 Å². The molecule has 100 valence electrons. The molecule has 0 spiro atoms. The molecule has 1 aliphatic carbocycles. The highest BCUT2D eigenvalue weighted by Gasteiger charge is 2.25. The molecular weight excluding hydrogens is 228 g/mol. The molecule has 1 amide bonds. The van der Waals surface area contributed by atoms with Crippen molar-refractivity contribution < 1.29 is 9.21 Å². The summed E-state index contributed by atoms with van der Waals surface area (Å²) in [5.41, 5.74) is 0. The van der Waals surface area contributed by atoms with Gasteiger partial charge in [0.05, 0.1) is 6.54 Å². The van der Waals surface area contributed by atoms with Crippen LogP contribution in [-0.4, -0.2) is 19.0 Å². The molecular formula is C14H22N2O2. The van der Waals surface area contributed by atoms with E-state index in [0.29, 0.717) is 12.6 Å². The second-order valence-electron chi connectivity index (χ2n) is 5.07. The highest BCUT2D eigenvalue weighted by Crippen LogP contribution is 2.24. The van der Waals surface area contributed by atoms with Crippen molar-refractivity contribution in [2.45, 2.75) is 45.2 Å². The van der Waals surface area contributed by atoms with Gasteiger partial charge in [-0.15, -0.1) is 0 Å². The molecule has 4 nitrogen and oxygen atoms in total. The number of carbonyl (C=O) groups excluding carboxylic acids is 1. The lowest BCUT2D eigenvalue weighted by Crippen LogP contribution is -2.37. The number of nitrogens with one attached hydrogen (secondary N) is 2. The second-order valence-corrected chi connectivity index (χ2v) is 5.07. The molecule has 0 aliphatic heterocycles. The average molecular weight is 250 g/mol. The Morgan fingerprint density at radius 1 is 1.33 bits per heavy atom. The molecule has 0 radical (unpaired) electrons. The largest absolute Gasteiger partial charge is 0.465 e. The van der Waals surface area contributed by atoms with Gasteiger partial charge in [0.15, 0.2) is 0 Å². The zero-order chi connectivity index (χ0) is 13.0. The van der Waals surface area contributed by atoms with Crippen LogP contribution in [0, 0.1) is 12.8 Å². The maximum Gasteiger partial charge on any atom is 0.223 e. The van der Waals surface area contributed by atoms with Gasteiger partial charge < -0.3 is 15.1 Å².